The fourth-order valence-electron chi connectivity index (χ4n) is 8.77. The van der Waals surface area contributed by atoms with Gasteiger partial charge in [-0.15, -0.1) is 22.7 Å². The molecule has 2 fully saturated rings. The summed E-state index contributed by atoms with van der Waals surface area (Å²) in [4.78, 5) is 48.1. The maximum atomic E-state index is 13.0. The summed E-state index contributed by atoms with van der Waals surface area (Å²) in [6.07, 6.45) is 6.99. The molecule has 4 aromatic heterocycles. The third-order valence-electron chi connectivity index (χ3n) is 13.3. The fourth-order valence-corrected chi connectivity index (χ4v) is 10.8. The largest absolute Gasteiger partial charge is 0.444 e. The molecule has 0 radical (unpaired) electrons. The zero-order valence-electron chi connectivity index (χ0n) is 44.1. The zero-order valence-corrected chi connectivity index (χ0v) is 45.8. The van der Waals surface area contributed by atoms with Crippen LogP contribution >= 0.6 is 22.7 Å². The number of rotatable bonds is 6. The summed E-state index contributed by atoms with van der Waals surface area (Å²) >= 11 is 3.51. The smallest absolute Gasteiger partial charge is 0.410 e. The molecule has 2 aliphatic heterocycles. The molecule has 10 nitrogen and oxygen atoms in total. The van der Waals surface area contributed by atoms with Crippen LogP contribution in [0.3, 0.4) is 0 Å². The molecule has 0 aliphatic carbocycles. The molecule has 12 heteroatoms. The first-order chi connectivity index (χ1) is 32.1. The van der Waals surface area contributed by atoms with Crippen LogP contribution in [-0.2, 0) is 37.7 Å². The van der Waals surface area contributed by atoms with E-state index in [9.17, 15) is 9.59 Å². The van der Waals surface area contributed by atoms with Crippen molar-refractivity contribution in [3.05, 3.63) is 104 Å². The minimum atomic E-state index is -0.453. The molecular formula is C57H77N7O3S2. The van der Waals surface area contributed by atoms with Gasteiger partial charge >= 0.3 is 6.09 Å². The molecule has 370 valence electrons. The number of nitrogens with zero attached hydrogens (tertiary/aromatic N) is 7. The highest BCUT2D eigenvalue weighted by atomic mass is 32.1. The summed E-state index contributed by atoms with van der Waals surface area (Å²) in [7, 11) is 0. The van der Waals surface area contributed by atoms with Crippen molar-refractivity contribution in [1.29, 1.82) is 0 Å². The average molecular weight is 972 g/mol. The quantitative estimate of drug-likeness (QED) is 0.164. The van der Waals surface area contributed by atoms with E-state index >= 15 is 0 Å². The van der Waals surface area contributed by atoms with Crippen LogP contribution < -0.4 is 0 Å². The minimum Gasteiger partial charge on any atom is -0.444 e. The van der Waals surface area contributed by atoms with E-state index in [0.717, 1.165) is 74.4 Å². The first kappa shape index (κ1) is 51.9. The Bertz CT molecular complexity index is 2670. The number of thiazole rings is 2. The van der Waals surface area contributed by atoms with E-state index in [1.54, 1.807) is 35.2 Å². The SMILES string of the molecule is CC(C)(C)OC(=O)N1CCC(c2nc(-c3cc(C(C)(C)C)cc(C(C)(C)C)c3)cs2)CC1.CC(C)(C)c1cc(-c2csc(C3CCN(C(=O)Cn4cnc5cccnc54)CC3)n2)cc(C(C)(C)C)c1. The van der Waals surface area contributed by atoms with Crippen molar-refractivity contribution in [3.63, 3.8) is 0 Å². The van der Waals surface area contributed by atoms with Gasteiger partial charge < -0.3 is 19.1 Å². The number of fused-ring (bicyclic) bond motifs is 1. The maximum Gasteiger partial charge on any atom is 0.410 e. The minimum absolute atomic E-state index is 0.0767. The molecule has 2 saturated heterocycles. The van der Waals surface area contributed by atoms with E-state index in [1.165, 1.54) is 43.4 Å². The highest BCUT2D eigenvalue weighted by Crippen LogP contribution is 2.39. The molecule has 6 heterocycles. The number of likely N-dealkylation sites (tertiary alicyclic amines) is 2. The number of carbonyl (C=O) groups is 2. The van der Waals surface area contributed by atoms with Crippen molar-refractivity contribution >= 4 is 45.8 Å². The topological polar surface area (TPSA) is 106 Å². The van der Waals surface area contributed by atoms with Crippen molar-refractivity contribution in [2.45, 2.75) is 175 Å². The number of ether oxygens (including phenoxy) is 1. The van der Waals surface area contributed by atoms with Gasteiger partial charge in [0.2, 0.25) is 5.91 Å². The van der Waals surface area contributed by atoms with Gasteiger partial charge in [-0.25, -0.2) is 24.7 Å². The normalized spacial score (nSPS) is 15.9. The van der Waals surface area contributed by atoms with E-state index in [0.29, 0.717) is 11.8 Å². The number of hydrogen-bond acceptors (Lipinski definition) is 9. The van der Waals surface area contributed by atoms with Crippen molar-refractivity contribution < 1.29 is 14.3 Å². The van der Waals surface area contributed by atoms with E-state index in [2.05, 4.69) is 140 Å². The van der Waals surface area contributed by atoms with Gasteiger partial charge in [0.1, 0.15) is 17.7 Å². The molecule has 0 bridgehead atoms. The number of aromatic nitrogens is 5. The first-order valence-corrected chi connectivity index (χ1v) is 26.6. The van der Waals surface area contributed by atoms with Gasteiger partial charge in [0.25, 0.3) is 0 Å². The van der Waals surface area contributed by atoms with Gasteiger partial charge in [-0.3, -0.25) is 4.79 Å². The Morgan fingerprint density at radius 3 is 1.42 bits per heavy atom. The van der Waals surface area contributed by atoms with Crippen LogP contribution in [0.5, 0.6) is 0 Å². The fraction of sp³-hybridized carbons (Fsp3) is 0.544. The van der Waals surface area contributed by atoms with Gasteiger partial charge in [-0.05, 0) is 127 Å². The van der Waals surface area contributed by atoms with Gasteiger partial charge in [-0.1, -0.05) is 95.2 Å². The number of carbonyl (C=O) groups excluding carboxylic acids is 2. The van der Waals surface area contributed by atoms with Crippen LogP contribution in [0.1, 0.15) is 174 Å². The number of piperidine rings is 2. The first-order valence-electron chi connectivity index (χ1n) is 24.9. The van der Waals surface area contributed by atoms with E-state index in [1.807, 2.05) is 47.3 Å². The molecule has 8 rings (SSSR count). The highest BCUT2D eigenvalue weighted by molar-refractivity contribution is 7.10. The van der Waals surface area contributed by atoms with E-state index < -0.39 is 5.60 Å². The number of pyridine rings is 1. The molecule has 69 heavy (non-hydrogen) atoms. The van der Waals surface area contributed by atoms with Crippen LogP contribution in [0.2, 0.25) is 0 Å². The van der Waals surface area contributed by atoms with E-state index in [4.69, 9.17) is 14.7 Å². The Hall–Kier alpha value is -4.94. The second-order valence-electron chi connectivity index (χ2n) is 24.4. The van der Waals surface area contributed by atoms with Gasteiger partial charge in [-0.2, -0.15) is 0 Å². The third kappa shape index (κ3) is 13.1. The summed E-state index contributed by atoms with van der Waals surface area (Å²) in [5.74, 6) is 0.920. The Balaban J connectivity index is 0.000000206. The molecule has 6 aromatic rings. The number of imidazole rings is 1. The summed E-state index contributed by atoms with van der Waals surface area (Å²) < 4.78 is 7.37. The van der Waals surface area contributed by atoms with Crippen molar-refractivity contribution in [1.82, 2.24) is 34.3 Å². The molecule has 2 aromatic carbocycles. The zero-order chi connectivity index (χ0) is 50.3. The predicted molar refractivity (Wildman–Crippen MR) is 286 cm³/mol. The summed E-state index contributed by atoms with van der Waals surface area (Å²) in [5.41, 5.74) is 11.4. The lowest BCUT2D eigenvalue weighted by atomic mass is 9.79. The molecule has 0 unspecified atom stereocenters. The summed E-state index contributed by atoms with van der Waals surface area (Å²) in [6, 6.07) is 17.7. The summed E-state index contributed by atoms with van der Waals surface area (Å²) in [6.45, 7) is 36.2. The molecule has 0 N–H and O–H groups in total. The Morgan fingerprint density at radius 2 is 1.01 bits per heavy atom. The second-order valence-corrected chi connectivity index (χ2v) is 26.1. The Kier molecular flexibility index (Phi) is 15.1. The average Bonchev–Trinajstić information content (AvgIpc) is 4.06. The van der Waals surface area contributed by atoms with Crippen LogP contribution in [0.25, 0.3) is 33.7 Å². The molecule has 0 atom stereocenters. The van der Waals surface area contributed by atoms with Crippen molar-refractivity contribution in [3.8, 4) is 22.5 Å². The third-order valence-corrected chi connectivity index (χ3v) is 15.4. The molecule has 2 aliphatic rings. The van der Waals surface area contributed by atoms with E-state index in [-0.39, 0.29) is 40.2 Å². The Labute approximate surface area is 420 Å². The number of hydrogen-bond donors (Lipinski definition) is 0. The van der Waals surface area contributed by atoms with Gasteiger partial charge in [0, 0.05) is 66.1 Å². The molecule has 2 amide bonds. The van der Waals surface area contributed by atoms with Gasteiger partial charge in [0.15, 0.2) is 5.65 Å². The molecule has 0 spiro atoms. The maximum absolute atomic E-state index is 13.0. The number of benzene rings is 2. The second kappa shape index (κ2) is 20.1. The predicted octanol–water partition coefficient (Wildman–Crippen LogP) is 14.1. The van der Waals surface area contributed by atoms with Crippen molar-refractivity contribution in [2.24, 2.45) is 0 Å². The van der Waals surface area contributed by atoms with Gasteiger partial charge in [0.05, 0.1) is 27.7 Å². The molecule has 0 saturated carbocycles. The molecular weight excluding hydrogens is 895 g/mol. The lowest BCUT2D eigenvalue weighted by molar-refractivity contribution is -0.132. The number of amides is 2. The van der Waals surface area contributed by atoms with Crippen LogP contribution in [-0.4, -0.2) is 78.1 Å². The highest BCUT2D eigenvalue weighted by Gasteiger charge is 2.31. The standard InChI is InChI=1S/C30H37N5OS.C27H40N2O2S/c1-29(2,3)22-14-21(15-23(16-22)30(4,5)6)25-18-37-28(33-25)20-9-12-34(13-10-20)26(36)17-35-19-32-24-8-7-11-31-27(24)35;1-25(2,3)20-14-19(15-21(16-20)26(4,5)6)22-17-32-23(28-22)18-10-12-29(13-11-18)24(30)31-27(7,8)9/h7-8,11,14-16,18-20H,9-10,12-13,17H2,1-6H3;14-18H,10-13H2,1-9H3. The summed E-state index contributed by atoms with van der Waals surface area (Å²) in [5, 5.41) is 6.77. The van der Waals surface area contributed by atoms with Crippen molar-refractivity contribution in [2.75, 3.05) is 26.2 Å². The Morgan fingerprint density at radius 1 is 0.594 bits per heavy atom. The monoisotopic (exact) mass is 972 g/mol. The lowest BCUT2D eigenvalue weighted by Gasteiger charge is -2.32. The van der Waals surface area contributed by atoms with Crippen LogP contribution in [0.4, 0.5) is 4.79 Å². The van der Waals surface area contributed by atoms with Crippen LogP contribution in [0.15, 0.2) is 71.8 Å². The van der Waals surface area contributed by atoms with Crippen LogP contribution in [0, 0.1) is 0 Å². The lowest BCUT2D eigenvalue weighted by Crippen LogP contribution is -2.41.